The lowest BCUT2D eigenvalue weighted by Gasteiger charge is -2.32. The van der Waals surface area contributed by atoms with Crippen LogP contribution in [0.2, 0.25) is 0 Å². The van der Waals surface area contributed by atoms with Crippen molar-refractivity contribution in [2.45, 2.75) is 26.7 Å². The molecular weight excluding hydrogens is 346 g/mol. The first kappa shape index (κ1) is 20.0. The Morgan fingerprint density at radius 1 is 0.963 bits per heavy atom. The van der Waals surface area contributed by atoms with Crippen LogP contribution in [-0.2, 0) is 4.74 Å². The van der Waals surface area contributed by atoms with Gasteiger partial charge in [0.1, 0.15) is 17.4 Å². The molecule has 0 saturated carbocycles. The van der Waals surface area contributed by atoms with Crippen molar-refractivity contribution in [3.63, 3.8) is 0 Å². The SMILES string of the molecule is COc1ccc(C2C(C#N)=C(N)OC(C(C)(C)C)=C2C#N)c(OC)c1OC. The Labute approximate surface area is 159 Å². The van der Waals surface area contributed by atoms with Crippen LogP contribution in [0.15, 0.2) is 34.9 Å². The largest absolute Gasteiger partial charge is 0.493 e. The fourth-order valence-corrected chi connectivity index (χ4v) is 3.09. The molecule has 1 aliphatic heterocycles. The van der Waals surface area contributed by atoms with E-state index >= 15 is 0 Å². The van der Waals surface area contributed by atoms with Gasteiger partial charge in [-0.3, -0.25) is 0 Å². The van der Waals surface area contributed by atoms with Gasteiger partial charge in [-0.15, -0.1) is 0 Å². The topological polar surface area (TPSA) is 111 Å². The molecule has 0 aromatic heterocycles. The molecule has 1 unspecified atom stereocenters. The van der Waals surface area contributed by atoms with Crippen LogP contribution in [0.3, 0.4) is 0 Å². The molecule has 0 bridgehead atoms. The van der Waals surface area contributed by atoms with Gasteiger partial charge in [0.25, 0.3) is 0 Å². The summed E-state index contributed by atoms with van der Waals surface area (Å²) in [6.45, 7) is 5.73. The first-order chi connectivity index (χ1) is 12.7. The van der Waals surface area contributed by atoms with E-state index in [2.05, 4.69) is 12.1 Å². The average molecular weight is 369 g/mol. The quantitative estimate of drug-likeness (QED) is 0.866. The Balaban J connectivity index is 2.88. The number of ether oxygens (including phenoxy) is 4. The van der Waals surface area contributed by atoms with E-state index in [0.717, 1.165) is 0 Å². The molecule has 7 heteroatoms. The number of methoxy groups -OCH3 is 3. The zero-order valence-corrected chi connectivity index (χ0v) is 16.3. The highest BCUT2D eigenvalue weighted by Crippen LogP contribution is 2.50. The summed E-state index contributed by atoms with van der Waals surface area (Å²) in [6.07, 6.45) is 0. The standard InChI is InChI=1S/C20H23N3O4/c1-20(2,3)18-12(9-21)15(13(10-22)19(23)27-18)11-7-8-14(24-4)17(26-6)16(11)25-5/h7-8,15H,23H2,1-6H3. The minimum Gasteiger partial charge on any atom is -0.493 e. The Morgan fingerprint density at radius 2 is 1.56 bits per heavy atom. The number of hydrogen-bond donors (Lipinski definition) is 1. The van der Waals surface area contributed by atoms with Crippen molar-refractivity contribution >= 4 is 0 Å². The maximum atomic E-state index is 9.89. The molecule has 0 saturated heterocycles. The molecule has 0 radical (unpaired) electrons. The minimum atomic E-state index is -0.738. The zero-order chi connectivity index (χ0) is 20.4. The van der Waals surface area contributed by atoms with Crippen LogP contribution in [0.4, 0.5) is 0 Å². The molecule has 2 N–H and O–H groups in total. The van der Waals surface area contributed by atoms with Gasteiger partial charge in [0.15, 0.2) is 11.5 Å². The monoisotopic (exact) mass is 369 g/mol. The van der Waals surface area contributed by atoms with Gasteiger partial charge in [-0.05, 0) is 6.07 Å². The van der Waals surface area contributed by atoms with Crippen molar-refractivity contribution in [3.05, 3.63) is 40.5 Å². The molecule has 1 aromatic carbocycles. The fraction of sp³-hybridized carbons (Fsp3) is 0.400. The number of nitrogens with two attached hydrogens (primary N) is 1. The summed E-state index contributed by atoms with van der Waals surface area (Å²) < 4.78 is 22.0. The van der Waals surface area contributed by atoms with E-state index in [1.165, 1.54) is 21.3 Å². The van der Waals surface area contributed by atoms with Gasteiger partial charge < -0.3 is 24.7 Å². The van der Waals surface area contributed by atoms with E-state index in [4.69, 9.17) is 24.7 Å². The molecule has 7 nitrogen and oxygen atoms in total. The van der Waals surface area contributed by atoms with Crippen molar-refractivity contribution in [3.8, 4) is 29.4 Å². The summed E-state index contributed by atoms with van der Waals surface area (Å²) in [4.78, 5) is 0. The van der Waals surface area contributed by atoms with Crippen LogP contribution in [0.1, 0.15) is 32.3 Å². The molecular formula is C20H23N3O4. The molecule has 142 valence electrons. The van der Waals surface area contributed by atoms with Gasteiger partial charge >= 0.3 is 0 Å². The molecule has 0 aliphatic carbocycles. The Kier molecular flexibility index (Phi) is 5.56. The predicted octanol–water partition coefficient (Wildman–Crippen LogP) is 3.34. The minimum absolute atomic E-state index is 0.0248. The molecule has 1 aliphatic rings. The summed E-state index contributed by atoms with van der Waals surface area (Å²) >= 11 is 0. The van der Waals surface area contributed by atoms with Gasteiger partial charge in [0.2, 0.25) is 11.6 Å². The number of benzene rings is 1. The van der Waals surface area contributed by atoms with Crippen molar-refractivity contribution in [2.24, 2.45) is 11.1 Å². The van der Waals surface area contributed by atoms with Crippen LogP contribution >= 0.6 is 0 Å². The number of rotatable bonds is 4. The first-order valence-electron chi connectivity index (χ1n) is 8.26. The maximum Gasteiger partial charge on any atom is 0.205 e. The summed E-state index contributed by atoms with van der Waals surface area (Å²) in [5.74, 6) is 0.864. The fourth-order valence-electron chi connectivity index (χ4n) is 3.09. The Hall–Kier alpha value is -3.32. The molecule has 0 spiro atoms. The predicted molar refractivity (Wildman–Crippen MR) is 98.8 cm³/mol. The highest BCUT2D eigenvalue weighted by atomic mass is 16.5. The van der Waals surface area contributed by atoms with Gasteiger partial charge in [-0.25, -0.2) is 0 Å². The molecule has 27 heavy (non-hydrogen) atoms. The molecule has 0 fully saturated rings. The Bertz CT molecular complexity index is 896. The van der Waals surface area contributed by atoms with E-state index in [1.54, 1.807) is 12.1 Å². The smallest absolute Gasteiger partial charge is 0.205 e. The van der Waals surface area contributed by atoms with Crippen molar-refractivity contribution in [2.75, 3.05) is 21.3 Å². The molecule has 1 heterocycles. The van der Waals surface area contributed by atoms with Gasteiger partial charge in [-0.2, -0.15) is 10.5 Å². The number of nitrogens with zero attached hydrogens (tertiary/aromatic N) is 2. The van der Waals surface area contributed by atoms with E-state index in [1.807, 2.05) is 20.8 Å². The highest BCUT2D eigenvalue weighted by Gasteiger charge is 2.39. The first-order valence-corrected chi connectivity index (χ1v) is 8.26. The second-order valence-electron chi connectivity index (χ2n) is 6.95. The second kappa shape index (κ2) is 7.51. The van der Waals surface area contributed by atoms with Crippen molar-refractivity contribution < 1.29 is 18.9 Å². The van der Waals surface area contributed by atoms with Crippen LogP contribution in [-0.4, -0.2) is 21.3 Å². The van der Waals surface area contributed by atoms with Gasteiger partial charge in [0.05, 0.1) is 38.9 Å². The molecule has 2 rings (SSSR count). The Morgan fingerprint density at radius 3 is 2.00 bits per heavy atom. The van der Waals surface area contributed by atoms with E-state index in [-0.39, 0.29) is 11.5 Å². The lowest BCUT2D eigenvalue weighted by molar-refractivity contribution is 0.199. The third kappa shape index (κ3) is 3.37. The second-order valence-corrected chi connectivity index (χ2v) is 6.95. The maximum absolute atomic E-state index is 9.89. The molecule has 1 atom stereocenters. The number of nitriles is 2. The van der Waals surface area contributed by atoms with E-state index < -0.39 is 11.3 Å². The lowest BCUT2D eigenvalue weighted by atomic mass is 9.78. The van der Waals surface area contributed by atoms with Crippen LogP contribution in [0, 0.1) is 28.1 Å². The van der Waals surface area contributed by atoms with Gasteiger partial charge in [-0.1, -0.05) is 26.8 Å². The summed E-state index contributed by atoms with van der Waals surface area (Å²) in [5.41, 5.74) is 6.56. The summed E-state index contributed by atoms with van der Waals surface area (Å²) in [6, 6.07) is 7.70. The third-order valence-corrected chi connectivity index (χ3v) is 4.27. The molecule has 1 aromatic rings. The number of hydrogen-bond acceptors (Lipinski definition) is 7. The van der Waals surface area contributed by atoms with Crippen molar-refractivity contribution in [1.82, 2.24) is 0 Å². The highest BCUT2D eigenvalue weighted by molar-refractivity contribution is 5.63. The zero-order valence-electron chi connectivity index (χ0n) is 16.3. The van der Waals surface area contributed by atoms with Gasteiger partial charge in [0, 0.05) is 11.0 Å². The van der Waals surface area contributed by atoms with Crippen LogP contribution in [0.25, 0.3) is 0 Å². The average Bonchev–Trinajstić information content (AvgIpc) is 2.64. The van der Waals surface area contributed by atoms with E-state index in [0.29, 0.717) is 34.1 Å². The lowest BCUT2D eigenvalue weighted by Crippen LogP contribution is -2.26. The third-order valence-electron chi connectivity index (χ3n) is 4.27. The summed E-state index contributed by atoms with van der Waals surface area (Å²) in [7, 11) is 4.49. The number of allylic oxidation sites excluding steroid dienone is 3. The van der Waals surface area contributed by atoms with Crippen LogP contribution in [0.5, 0.6) is 17.2 Å². The van der Waals surface area contributed by atoms with Crippen molar-refractivity contribution in [1.29, 1.82) is 10.5 Å². The molecule has 0 amide bonds. The van der Waals surface area contributed by atoms with Crippen LogP contribution < -0.4 is 19.9 Å². The van der Waals surface area contributed by atoms with E-state index in [9.17, 15) is 10.5 Å². The normalized spacial score (nSPS) is 17.0. The summed E-state index contributed by atoms with van der Waals surface area (Å²) in [5, 5.41) is 19.6.